The lowest BCUT2D eigenvalue weighted by Crippen LogP contribution is -2.33. The molecule has 154 valence electrons. The van der Waals surface area contributed by atoms with E-state index in [9.17, 15) is 9.59 Å². The fourth-order valence-electron chi connectivity index (χ4n) is 3.69. The van der Waals surface area contributed by atoms with Crippen LogP contribution in [0.25, 0.3) is 0 Å². The zero-order valence-electron chi connectivity index (χ0n) is 18.0. The highest BCUT2D eigenvalue weighted by atomic mass is 16.2. The Kier molecular flexibility index (Phi) is 6.68. The van der Waals surface area contributed by atoms with Crippen molar-refractivity contribution in [3.05, 3.63) is 101 Å². The molecule has 0 heterocycles. The second kappa shape index (κ2) is 9.40. The van der Waals surface area contributed by atoms with Crippen molar-refractivity contribution in [2.24, 2.45) is 0 Å². The standard InChI is InChI=1S/C26H28N2O2/c1-18-13-19(2)15-24(14-18)26(30)28(17-22-9-6-5-7-10-22)20(3)23-11-8-12-25(16-23)27-21(4)29/h5-16,20H,17H2,1-4H3,(H,27,29). The molecule has 4 nitrogen and oxygen atoms in total. The Morgan fingerprint density at radius 3 is 2.20 bits per heavy atom. The third-order valence-corrected chi connectivity index (χ3v) is 5.08. The molecule has 0 saturated carbocycles. The summed E-state index contributed by atoms with van der Waals surface area (Å²) in [6.45, 7) is 8.02. The average molecular weight is 401 g/mol. The third-order valence-electron chi connectivity index (χ3n) is 5.08. The molecule has 3 rings (SSSR count). The summed E-state index contributed by atoms with van der Waals surface area (Å²) in [5, 5.41) is 2.82. The molecule has 0 saturated heterocycles. The molecule has 1 atom stereocenters. The fourth-order valence-corrected chi connectivity index (χ4v) is 3.69. The van der Waals surface area contributed by atoms with Crippen molar-refractivity contribution in [2.45, 2.75) is 40.3 Å². The number of hydrogen-bond donors (Lipinski definition) is 1. The molecule has 30 heavy (non-hydrogen) atoms. The van der Waals surface area contributed by atoms with Gasteiger partial charge in [-0.05, 0) is 56.2 Å². The zero-order valence-corrected chi connectivity index (χ0v) is 18.0. The van der Waals surface area contributed by atoms with E-state index in [0.29, 0.717) is 12.1 Å². The monoisotopic (exact) mass is 400 g/mol. The van der Waals surface area contributed by atoms with Gasteiger partial charge in [-0.25, -0.2) is 0 Å². The van der Waals surface area contributed by atoms with Crippen LogP contribution in [0.3, 0.4) is 0 Å². The number of aryl methyl sites for hydroxylation is 2. The van der Waals surface area contributed by atoms with E-state index in [-0.39, 0.29) is 17.9 Å². The molecule has 0 spiro atoms. The molecule has 0 fully saturated rings. The Balaban J connectivity index is 1.98. The lowest BCUT2D eigenvalue weighted by atomic mass is 10.0. The number of carbonyl (C=O) groups is 2. The average Bonchev–Trinajstić information content (AvgIpc) is 2.71. The summed E-state index contributed by atoms with van der Waals surface area (Å²) in [6, 6.07) is 23.4. The molecule has 1 N–H and O–H groups in total. The Hall–Kier alpha value is -3.40. The van der Waals surface area contributed by atoms with Crippen LogP contribution in [0.4, 0.5) is 5.69 Å². The molecular formula is C26H28N2O2. The van der Waals surface area contributed by atoms with E-state index in [1.54, 1.807) is 0 Å². The lowest BCUT2D eigenvalue weighted by Gasteiger charge is -2.30. The predicted molar refractivity (Wildman–Crippen MR) is 121 cm³/mol. The molecule has 3 aromatic rings. The van der Waals surface area contributed by atoms with Gasteiger partial charge in [-0.2, -0.15) is 0 Å². The van der Waals surface area contributed by atoms with Crippen molar-refractivity contribution < 1.29 is 9.59 Å². The maximum Gasteiger partial charge on any atom is 0.254 e. The van der Waals surface area contributed by atoms with Crippen LogP contribution in [0.5, 0.6) is 0 Å². The van der Waals surface area contributed by atoms with E-state index in [1.165, 1.54) is 6.92 Å². The highest BCUT2D eigenvalue weighted by molar-refractivity contribution is 5.95. The van der Waals surface area contributed by atoms with Crippen LogP contribution in [-0.4, -0.2) is 16.7 Å². The second-order valence-electron chi connectivity index (χ2n) is 7.78. The number of amides is 2. The van der Waals surface area contributed by atoms with Gasteiger partial charge in [0, 0.05) is 24.7 Å². The van der Waals surface area contributed by atoms with Gasteiger partial charge in [-0.15, -0.1) is 0 Å². The topological polar surface area (TPSA) is 49.4 Å². The number of nitrogens with zero attached hydrogens (tertiary/aromatic N) is 1. The second-order valence-corrected chi connectivity index (χ2v) is 7.78. The van der Waals surface area contributed by atoms with Crippen molar-refractivity contribution in [2.75, 3.05) is 5.32 Å². The van der Waals surface area contributed by atoms with E-state index in [0.717, 1.165) is 27.9 Å². The first-order valence-corrected chi connectivity index (χ1v) is 10.1. The van der Waals surface area contributed by atoms with Gasteiger partial charge in [0.2, 0.25) is 5.91 Å². The summed E-state index contributed by atoms with van der Waals surface area (Å²) in [5.74, 6) is -0.129. The molecule has 0 aliphatic carbocycles. The largest absolute Gasteiger partial charge is 0.328 e. The van der Waals surface area contributed by atoms with Crippen LogP contribution in [0.15, 0.2) is 72.8 Å². The first-order chi connectivity index (χ1) is 14.3. The fraction of sp³-hybridized carbons (Fsp3) is 0.231. The molecule has 2 amide bonds. The van der Waals surface area contributed by atoms with Gasteiger partial charge < -0.3 is 10.2 Å². The minimum Gasteiger partial charge on any atom is -0.328 e. The van der Waals surface area contributed by atoms with E-state index < -0.39 is 0 Å². The Morgan fingerprint density at radius 1 is 0.900 bits per heavy atom. The summed E-state index contributed by atoms with van der Waals surface area (Å²) in [5.41, 5.74) is 5.59. The maximum absolute atomic E-state index is 13.6. The molecule has 0 aliphatic heterocycles. The minimum atomic E-state index is -0.174. The molecule has 0 radical (unpaired) electrons. The van der Waals surface area contributed by atoms with Crippen LogP contribution in [-0.2, 0) is 11.3 Å². The van der Waals surface area contributed by atoms with Gasteiger partial charge in [-0.1, -0.05) is 59.7 Å². The van der Waals surface area contributed by atoms with Crippen molar-refractivity contribution in [1.82, 2.24) is 4.90 Å². The van der Waals surface area contributed by atoms with Gasteiger partial charge >= 0.3 is 0 Å². The van der Waals surface area contributed by atoms with Crippen molar-refractivity contribution >= 4 is 17.5 Å². The number of carbonyl (C=O) groups excluding carboxylic acids is 2. The first-order valence-electron chi connectivity index (χ1n) is 10.1. The Morgan fingerprint density at radius 2 is 1.57 bits per heavy atom. The van der Waals surface area contributed by atoms with Crippen LogP contribution in [0.2, 0.25) is 0 Å². The predicted octanol–water partition coefficient (Wildman–Crippen LogP) is 5.67. The molecular weight excluding hydrogens is 372 g/mol. The van der Waals surface area contributed by atoms with Gasteiger partial charge in [0.15, 0.2) is 0 Å². The Bertz CT molecular complexity index is 1020. The highest BCUT2D eigenvalue weighted by Gasteiger charge is 2.24. The minimum absolute atomic E-state index is 0.0110. The summed E-state index contributed by atoms with van der Waals surface area (Å²) in [4.78, 5) is 26.9. The maximum atomic E-state index is 13.6. The van der Waals surface area contributed by atoms with E-state index in [4.69, 9.17) is 0 Å². The van der Waals surface area contributed by atoms with E-state index >= 15 is 0 Å². The van der Waals surface area contributed by atoms with Gasteiger partial charge in [0.25, 0.3) is 5.91 Å². The number of nitrogens with one attached hydrogen (secondary N) is 1. The van der Waals surface area contributed by atoms with Crippen molar-refractivity contribution in [3.63, 3.8) is 0 Å². The zero-order chi connectivity index (χ0) is 21.7. The Labute approximate surface area is 178 Å². The highest BCUT2D eigenvalue weighted by Crippen LogP contribution is 2.27. The van der Waals surface area contributed by atoms with Crippen LogP contribution in [0, 0.1) is 13.8 Å². The van der Waals surface area contributed by atoms with Gasteiger partial charge in [0.05, 0.1) is 6.04 Å². The van der Waals surface area contributed by atoms with Gasteiger partial charge in [0.1, 0.15) is 0 Å². The summed E-state index contributed by atoms with van der Waals surface area (Å²) in [6.07, 6.45) is 0. The smallest absolute Gasteiger partial charge is 0.254 e. The molecule has 0 aliphatic rings. The third kappa shape index (κ3) is 5.35. The van der Waals surface area contributed by atoms with Crippen molar-refractivity contribution in [1.29, 1.82) is 0 Å². The van der Waals surface area contributed by atoms with E-state index in [1.807, 2.05) is 92.4 Å². The molecule has 3 aromatic carbocycles. The molecule has 0 aromatic heterocycles. The normalized spacial score (nSPS) is 11.6. The van der Waals surface area contributed by atoms with Crippen LogP contribution < -0.4 is 5.32 Å². The summed E-state index contributed by atoms with van der Waals surface area (Å²) >= 11 is 0. The lowest BCUT2D eigenvalue weighted by molar-refractivity contribution is -0.114. The molecule has 0 bridgehead atoms. The van der Waals surface area contributed by atoms with Gasteiger partial charge in [-0.3, -0.25) is 9.59 Å². The summed E-state index contributed by atoms with van der Waals surface area (Å²) < 4.78 is 0. The summed E-state index contributed by atoms with van der Waals surface area (Å²) in [7, 11) is 0. The molecule has 4 heteroatoms. The van der Waals surface area contributed by atoms with Crippen molar-refractivity contribution in [3.8, 4) is 0 Å². The number of rotatable bonds is 6. The first kappa shape index (κ1) is 21.3. The SMILES string of the molecule is CC(=O)Nc1cccc(C(C)N(Cc2ccccc2)C(=O)c2cc(C)cc(C)c2)c1. The number of benzene rings is 3. The number of anilines is 1. The van der Waals surface area contributed by atoms with Crippen LogP contribution >= 0.6 is 0 Å². The van der Waals surface area contributed by atoms with Crippen LogP contribution in [0.1, 0.15) is 52.5 Å². The van der Waals surface area contributed by atoms with E-state index in [2.05, 4.69) is 11.4 Å². The molecule has 1 unspecified atom stereocenters. The quantitative estimate of drug-likeness (QED) is 0.580. The number of hydrogen-bond acceptors (Lipinski definition) is 2.